The van der Waals surface area contributed by atoms with Gasteiger partial charge in [-0.3, -0.25) is 0 Å². The summed E-state index contributed by atoms with van der Waals surface area (Å²) in [6.07, 6.45) is 0. The first kappa shape index (κ1) is 13.0. The fourth-order valence-electron chi connectivity index (χ4n) is 2.20. The molecule has 0 aliphatic rings. The fourth-order valence-corrected chi connectivity index (χ4v) is 2.20. The van der Waals surface area contributed by atoms with Gasteiger partial charge in [0.25, 0.3) is 0 Å². The molecule has 0 atom stereocenters. The van der Waals surface area contributed by atoms with E-state index in [0.29, 0.717) is 11.4 Å². The zero-order valence-corrected chi connectivity index (χ0v) is 11.1. The molecule has 1 aromatic carbocycles. The Labute approximate surface area is 111 Å². The third-order valence-corrected chi connectivity index (χ3v) is 3.30. The summed E-state index contributed by atoms with van der Waals surface area (Å²) in [7, 11) is 3.40. The van der Waals surface area contributed by atoms with Crippen molar-refractivity contribution in [3.8, 4) is 17.0 Å². The lowest BCUT2D eigenvalue weighted by Crippen LogP contribution is -2.01. The molecule has 5 nitrogen and oxygen atoms in total. The summed E-state index contributed by atoms with van der Waals surface area (Å²) < 4.78 is 6.89. The first-order valence-electron chi connectivity index (χ1n) is 5.79. The molecule has 0 saturated heterocycles. The van der Waals surface area contributed by atoms with Crippen LogP contribution in [-0.2, 0) is 7.05 Å². The number of nitrogens with zero attached hydrogens (tertiary/aromatic N) is 1. The number of aromatic carboxylic acids is 1. The van der Waals surface area contributed by atoms with Crippen LogP contribution in [0.15, 0.2) is 24.3 Å². The van der Waals surface area contributed by atoms with Gasteiger partial charge in [0, 0.05) is 18.3 Å². The van der Waals surface area contributed by atoms with Gasteiger partial charge in [0.1, 0.15) is 11.3 Å². The standard InChI is InChI=1S/C14H16N2O3/c1-8-11(14(17)18)12(15)13(16(8)2)9-4-6-10(19-3)7-5-9/h4-7H,15H2,1-3H3,(H,17,18). The number of nitrogens with two attached hydrogens (primary N) is 1. The van der Waals surface area contributed by atoms with Crippen LogP contribution >= 0.6 is 0 Å². The second-order valence-electron chi connectivity index (χ2n) is 4.32. The molecule has 0 bridgehead atoms. The Bertz CT molecular complexity index is 627. The summed E-state index contributed by atoms with van der Waals surface area (Å²) in [4.78, 5) is 11.2. The van der Waals surface area contributed by atoms with E-state index in [4.69, 9.17) is 10.5 Å². The highest BCUT2D eigenvalue weighted by Crippen LogP contribution is 2.33. The molecule has 0 aliphatic carbocycles. The van der Waals surface area contributed by atoms with Crippen LogP contribution in [0.5, 0.6) is 5.75 Å². The lowest BCUT2D eigenvalue weighted by atomic mass is 10.1. The smallest absolute Gasteiger partial charge is 0.339 e. The molecule has 5 heteroatoms. The molecule has 0 fully saturated rings. The molecule has 0 saturated carbocycles. The summed E-state index contributed by atoms with van der Waals surface area (Å²) >= 11 is 0. The summed E-state index contributed by atoms with van der Waals surface area (Å²) in [5.74, 6) is -0.267. The first-order chi connectivity index (χ1) is 8.97. The number of aromatic nitrogens is 1. The van der Waals surface area contributed by atoms with Gasteiger partial charge in [0.05, 0.1) is 18.5 Å². The third kappa shape index (κ3) is 2.03. The molecule has 3 N–H and O–H groups in total. The molecule has 1 heterocycles. The van der Waals surface area contributed by atoms with E-state index < -0.39 is 5.97 Å². The van der Waals surface area contributed by atoms with E-state index in [2.05, 4.69) is 0 Å². The molecule has 0 spiro atoms. The normalized spacial score (nSPS) is 10.5. The van der Waals surface area contributed by atoms with Crippen molar-refractivity contribution in [1.29, 1.82) is 0 Å². The predicted octanol–water partition coefficient (Wildman–Crippen LogP) is 2.29. The van der Waals surface area contributed by atoms with Gasteiger partial charge in [-0.15, -0.1) is 0 Å². The van der Waals surface area contributed by atoms with Crippen molar-refractivity contribution in [3.05, 3.63) is 35.5 Å². The van der Waals surface area contributed by atoms with Crippen LogP contribution in [-0.4, -0.2) is 22.8 Å². The number of benzene rings is 1. The maximum atomic E-state index is 11.2. The Hall–Kier alpha value is -2.43. The number of ether oxygens (including phenoxy) is 1. The summed E-state index contributed by atoms with van der Waals surface area (Å²) in [6, 6.07) is 7.35. The maximum Gasteiger partial charge on any atom is 0.339 e. The van der Waals surface area contributed by atoms with Crippen molar-refractivity contribution in [2.24, 2.45) is 7.05 Å². The molecule has 0 radical (unpaired) electrons. The molecule has 0 unspecified atom stereocenters. The Balaban J connectivity index is 2.62. The Kier molecular flexibility index (Phi) is 3.21. The Morgan fingerprint density at radius 3 is 2.32 bits per heavy atom. The molecular weight excluding hydrogens is 244 g/mol. The number of rotatable bonds is 3. The lowest BCUT2D eigenvalue weighted by molar-refractivity contribution is 0.0697. The summed E-state index contributed by atoms with van der Waals surface area (Å²) in [5.41, 5.74) is 8.62. The molecule has 0 aliphatic heterocycles. The molecule has 100 valence electrons. The molecule has 2 rings (SSSR count). The van der Waals surface area contributed by atoms with Gasteiger partial charge in [-0.1, -0.05) is 0 Å². The topological polar surface area (TPSA) is 77.5 Å². The molecule has 1 aromatic heterocycles. The van der Waals surface area contributed by atoms with Crippen molar-refractivity contribution in [2.75, 3.05) is 12.8 Å². The number of hydrogen-bond acceptors (Lipinski definition) is 3. The minimum atomic E-state index is -1.01. The van der Waals surface area contributed by atoms with Crippen LogP contribution in [0.2, 0.25) is 0 Å². The van der Waals surface area contributed by atoms with E-state index in [1.165, 1.54) is 0 Å². The monoisotopic (exact) mass is 260 g/mol. The van der Waals surface area contributed by atoms with Gasteiger partial charge in [-0.05, 0) is 31.2 Å². The van der Waals surface area contributed by atoms with Crippen molar-refractivity contribution < 1.29 is 14.6 Å². The van der Waals surface area contributed by atoms with Gasteiger partial charge >= 0.3 is 5.97 Å². The number of hydrogen-bond donors (Lipinski definition) is 2. The SMILES string of the molecule is COc1ccc(-c2c(N)c(C(=O)O)c(C)n2C)cc1. The molecule has 2 aromatic rings. The van der Waals surface area contributed by atoms with Gasteiger partial charge in [-0.2, -0.15) is 0 Å². The number of methoxy groups -OCH3 is 1. The van der Waals surface area contributed by atoms with Crippen molar-refractivity contribution in [2.45, 2.75) is 6.92 Å². The highest BCUT2D eigenvalue weighted by atomic mass is 16.5. The van der Waals surface area contributed by atoms with E-state index in [0.717, 1.165) is 11.3 Å². The number of nitrogen functional groups attached to an aromatic ring is 1. The van der Waals surface area contributed by atoms with Crippen LogP contribution in [0.3, 0.4) is 0 Å². The summed E-state index contributed by atoms with van der Waals surface area (Å²) in [5, 5.41) is 9.20. The number of carbonyl (C=O) groups is 1. The van der Waals surface area contributed by atoms with Gasteiger partial charge in [0.15, 0.2) is 0 Å². The lowest BCUT2D eigenvalue weighted by Gasteiger charge is -2.07. The van der Waals surface area contributed by atoms with Crippen LogP contribution in [0.25, 0.3) is 11.3 Å². The van der Waals surface area contributed by atoms with Gasteiger partial charge in [0.2, 0.25) is 0 Å². The van der Waals surface area contributed by atoms with Crippen LogP contribution in [0, 0.1) is 6.92 Å². The third-order valence-electron chi connectivity index (χ3n) is 3.30. The quantitative estimate of drug-likeness (QED) is 0.887. The average Bonchev–Trinajstić information content (AvgIpc) is 2.60. The minimum absolute atomic E-state index is 0.160. The number of anilines is 1. The second kappa shape index (κ2) is 4.68. The zero-order valence-electron chi connectivity index (χ0n) is 11.1. The molecule has 19 heavy (non-hydrogen) atoms. The van der Waals surface area contributed by atoms with Crippen LogP contribution < -0.4 is 10.5 Å². The van der Waals surface area contributed by atoms with Gasteiger partial charge < -0.3 is 20.1 Å². The van der Waals surface area contributed by atoms with E-state index in [1.807, 2.05) is 24.3 Å². The summed E-state index contributed by atoms with van der Waals surface area (Å²) in [6.45, 7) is 1.74. The highest BCUT2D eigenvalue weighted by molar-refractivity contribution is 5.99. The highest BCUT2D eigenvalue weighted by Gasteiger charge is 2.22. The van der Waals surface area contributed by atoms with E-state index in [9.17, 15) is 9.90 Å². The zero-order chi connectivity index (χ0) is 14.2. The van der Waals surface area contributed by atoms with Crippen molar-refractivity contribution in [3.63, 3.8) is 0 Å². The molecular formula is C14H16N2O3. The second-order valence-corrected chi connectivity index (χ2v) is 4.32. The Morgan fingerprint density at radius 2 is 1.89 bits per heavy atom. The van der Waals surface area contributed by atoms with Gasteiger partial charge in [-0.25, -0.2) is 4.79 Å². The van der Waals surface area contributed by atoms with E-state index >= 15 is 0 Å². The van der Waals surface area contributed by atoms with E-state index in [-0.39, 0.29) is 11.3 Å². The van der Waals surface area contributed by atoms with Crippen LogP contribution in [0.4, 0.5) is 5.69 Å². The number of carboxylic acids is 1. The maximum absolute atomic E-state index is 11.2. The Morgan fingerprint density at radius 1 is 1.32 bits per heavy atom. The average molecular weight is 260 g/mol. The van der Waals surface area contributed by atoms with Crippen molar-refractivity contribution >= 4 is 11.7 Å². The molecule has 0 amide bonds. The van der Waals surface area contributed by atoms with E-state index in [1.54, 1.807) is 25.6 Å². The number of carboxylic acid groups (broad SMARTS) is 1. The fraction of sp³-hybridized carbons (Fsp3) is 0.214. The largest absolute Gasteiger partial charge is 0.497 e. The first-order valence-corrected chi connectivity index (χ1v) is 5.79. The van der Waals surface area contributed by atoms with Crippen LogP contribution in [0.1, 0.15) is 16.1 Å². The minimum Gasteiger partial charge on any atom is -0.497 e. The predicted molar refractivity (Wildman–Crippen MR) is 73.5 cm³/mol. The van der Waals surface area contributed by atoms with Crippen molar-refractivity contribution in [1.82, 2.24) is 4.57 Å².